The number of benzene rings is 1. The lowest BCUT2D eigenvalue weighted by Crippen LogP contribution is -2.36. The smallest absolute Gasteiger partial charge is 0.285 e. The molecule has 1 aromatic carbocycles. The zero-order chi connectivity index (χ0) is 16.2. The fourth-order valence-electron chi connectivity index (χ4n) is 1.86. The average molecular weight is 366 g/mol. The highest BCUT2D eigenvalue weighted by atomic mass is 79.9. The van der Waals surface area contributed by atoms with Crippen molar-refractivity contribution >= 4 is 15.9 Å². The summed E-state index contributed by atoms with van der Waals surface area (Å²) in [7, 11) is 0. The maximum absolute atomic E-state index is 11.9. The van der Waals surface area contributed by atoms with Crippen molar-refractivity contribution in [3.05, 3.63) is 58.8 Å². The van der Waals surface area contributed by atoms with Crippen LogP contribution in [-0.2, 0) is 15.8 Å². The molecule has 0 radical (unpaired) electrons. The van der Waals surface area contributed by atoms with Crippen LogP contribution in [0, 0.1) is 5.41 Å². The summed E-state index contributed by atoms with van der Waals surface area (Å²) in [6.07, 6.45) is 2.60. The van der Waals surface area contributed by atoms with Gasteiger partial charge in [-0.05, 0) is 26.9 Å². The van der Waals surface area contributed by atoms with E-state index in [1.807, 2.05) is 30.3 Å². The largest absolute Gasteiger partial charge is 0.357 e. The minimum absolute atomic E-state index is 0.00440. The molecule has 0 N–H and O–H groups in total. The normalized spacial score (nSPS) is 14.5. The van der Waals surface area contributed by atoms with Gasteiger partial charge in [0.1, 0.15) is 6.33 Å². The Labute approximate surface area is 138 Å². The van der Waals surface area contributed by atoms with E-state index < -0.39 is 4.51 Å². The van der Waals surface area contributed by atoms with Crippen LogP contribution in [0.25, 0.3) is 0 Å². The highest BCUT2D eigenvalue weighted by Gasteiger charge is 2.33. The van der Waals surface area contributed by atoms with Gasteiger partial charge in [-0.2, -0.15) is 5.10 Å². The fourth-order valence-corrected chi connectivity index (χ4v) is 2.48. The van der Waals surface area contributed by atoms with Crippen LogP contribution in [0.2, 0.25) is 0 Å². The van der Waals surface area contributed by atoms with Crippen molar-refractivity contribution in [3.63, 3.8) is 0 Å². The summed E-state index contributed by atoms with van der Waals surface area (Å²) in [5, 5.41) is 4.02. The Balaban J connectivity index is 2.33. The first kappa shape index (κ1) is 16.8. The molecule has 5 nitrogen and oxygen atoms in total. The van der Waals surface area contributed by atoms with Gasteiger partial charge >= 0.3 is 0 Å². The molecule has 1 unspecified atom stereocenters. The molecule has 1 aromatic heterocycles. The van der Waals surface area contributed by atoms with Gasteiger partial charge in [0.25, 0.3) is 5.56 Å². The first-order valence-electron chi connectivity index (χ1n) is 7.06. The van der Waals surface area contributed by atoms with Gasteiger partial charge in [0.2, 0.25) is 0 Å². The van der Waals surface area contributed by atoms with Gasteiger partial charge in [-0.1, -0.05) is 51.1 Å². The van der Waals surface area contributed by atoms with E-state index in [2.05, 4.69) is 46.8 Å². The number of nitrogens with zero attached hydrogens (tertiary/aromatic N) is 3. The second-order valence-corrected chi connectivity index (χ2v) is 7.63. The zero-order valence-electron chi connectivity index (χ0n) is 13.0. The average Bonchev–Trinajstić information content (AvgIpc) is 2.48. The van der Waals surface area contributed by atoms with Gasteiger partial charge in [0, 0.05) is 0 Å². The summed E-state index contributed by atoms with van der Waals surface area (Å²) in [6.45, 7) is 7.09. The molecule has 0 aliphatic carbocycles. The van der Waals surface area contributed by atoms with Crippen LogP contribution in [0.1, 0.15) is 26.3 Å². The number of ether oxygens (including phenoxy) is 1. The summed E-state index contributed by atoms with van der Waals surface area (Å²) in [4.78, 5) is 15.6. The van der Waals surface area contributed by atoms with E-state index in [0.717, 1.165) is 5.56 Å². The molecule has 2 aromatic rings. The van der Waals surface area contributed by atoms with Crippen molar-refractivity contribution in [2.24, 2.45) is 5.41 Å². The Bertz CT molecular complexity index is 667. The second kappa shape index (κ2) is 6.71. The molecule has 0 amide bonds. The van der Waals surface area contributed by atoms with Crippen molar-refractivity contribution in [1.29, 1.82) is 0 Å². The monoisotopic (exact) mass is 365 g/mol. The van der Waals surface area contributed by atoms with Crippen molar-refractivity contribution in [2.75, 3.05) is 6.61 Å². The predicted molar refractivity (Wildman–Crippen MR) is 88.7 cm³/mol. The summed E-state index contributed by atoms with van der Waals surface area (Å²) < 4.78 is 6.66. The summed E-state index contributed by atoms with van der Waals surface area (Å²) in [5.41, 5.74) is 0.677. The van der Waals surface area contributed by atoms with E-state index in [9.17, 15) is 4.79 Å². The van der Waals surface area contributed by atoms with Crippen LogP contribution < -0.4 is 5.56 Å². The topological polar surface area (TPSA) is 57.0 Å². The van der Waals surface area contributed by atoms with E-state index in [4.69, 9.17) is 4.74 Å². The number of aromatic nitrogens is 3. The molecule has 22 heavy (non-hydrogen) atoms. The second-order valence-electron chi connectivity index (χ2n) is 6.35. The van der Waals surface area contributed by atoms with Crippen LogP contribution in [0.3, 0.4) is 0 Å². The minimum atomic E-state index is -0.820. The molecule has 6 heteroatoms. The van der Waals surface area contributed by atoms with Crippen LogP contribution in [0.15, 0.2) is 47.7 Å². The highest BCUT2D eigenvalue weighted by molar-refractivity contribution is 9.09. The quantitative estimate of drug-likeness (QED) is 0.764. The number of alkyl halides is 1. The molecular weight excluding hydrogens is 346 g/mol. The van der Waals surface area contributed by atoms with Crippen LogP contribution >= 0.6 is 15.9 Å². The molecule has 2 rings (SSSR count). The Morgan fingerprint density at radius 1 is 1.23 bits per heavy atom. The van der Waals surface area contributed by atoms with Crippen molar-refractivity contribution in [2.45, 2.75) is 31.8 Å². The number of hydrogen-bond donors (Lipinski definition) is 0. The maximum Gasteiger partial charge on any atom is 0.285 e. The fraction of sp³-hybridized carbons (Fsp3) is 0.438. The van der Waals surface area contributed by atoms with Crippen molar-refractivity contribution in [3.8, 4) is 0 Å². The van der Waals surface area contributed by atoms with Crippen LogP contribution in [0.4, 0.5) is 0 Å². The summed E-state index contributed by atoms with van der Waals surface area (Å²) in [5.74, 6) is 0. The molecule has 0 bridgehead atoms. The molecular formula is C16H20BrN3O2. The van der Waals surface area contributed by atoms with E-state index in [0.29, 0.717) is 6.61 Å². The Kier molecular flexibility index (Phi) is 5.13. The third kappa shape index (κ3) is 4.48. The van der Waals surface area contributed by atoms with E-state index in [1.165, 1.54) is 17.2 Å². The van der Waals surface area contributed by atoms with E-state index in [-0.39, 0.29) is 17.5 Å². The number of rotatable bonds is 5. The van der Waals surface area contributed by atoms with Crippen molar-refractivity contribution < 1.29 is 4.74 Å². The third-order valence-electron chi connectivity index (χ3n) is 2.99. The predicted octanol–water partition coefficient (Wildman–Crippen LogP) is 2.95. The SMILES string of the molecule is CC(C)(C)COC(Br)(Cn1ncncc1=O)c1ccccc1. The Hall–Kier alpha value is -1.53. The van der Waals surface area contributed by atoms with Gasteiger partial charge in [-0.3, -0.25) is 4.79 Å². The molecule has 0 spiro atoms. The molecule has 0 saturated heterocycles. The zero-order valence-corrected chi connectivity index (χ0v) is 14.6. The first-order valence-corrected chi connectivity index (χ1v) is 7.85. The lowest BCUT2D eigenvalue weighted by atomic mass is 9.98. The van der Waals surface area contributed by atoms with Crippen LogP contribution in [-0.4, -0.2) is 21.4 Å². The molecule has 0 saturated carbocycles. The molecule has 0 fully saturated rings. The summed E-state index contributed by atoms with van der Waals surface area (Å²) in [6, 6.07) is 9.74. The van der Waals surface area contributed by atoms with E-state index >= 15 is 0 Å². The van der Waals surface area contributed by atoms with Crippen molar-refractivity contribution in [1.82, 2.24) is 14.8 Å². The molecule has 1 atom stereocenters. The standard InChI is InChI=1S/C16H20BrN3O2/c1-15(2,3)11-22-16(17,13-7-5-4-6-8-13)10-20-14(21)9-18-12-19-20/h4-9,12H,10-11H2,1-3H3. The van der Waals surface area contributed by atoms with Gasteiger partial charge in [0.15, 0.2) is 4.51 Å². The van der Waals surface area contributed by atoms with Gasteiger partial charge in [-0.25, -0.2) is 9.67 Å². The number of hydrogen-bond acceptors (Lipinski definition) is 4. The Morgan fingerprint density at radius 2 is 1.91 bits per heavy atom. The van der Waals surface area contributed by atoms with E-state index in [1.54, 1.807) is 0 Å². The molecule has 0 aliphatic heterocycles. The lowest BCUT2D eigenvalue weighted by molar-refractivity contribution is -0.0244. The van der Waals surface area contributed by atoms with Gasteiger partial charge in [0.05, 0.1) is 19.3 Å². The Morgan fingerprint density at radius 3 is 2.50 bits per heavy atom. The number of halogens is 1. The first-order chi connectivity index (χ1) is 10.3. The maximum atomic E-state index is 11.9. The minimum Gasteiger partial charge on any atom is -0.357 e. The molecule has 0 aliphatic rings. The van der Waals surface area contributed by atoms with Gasteiger partial charge < -0.3 is 4.74 Å². The van der Waals surface area contributed by atoms with Gasteiger partial charge in [-0.15, -0.1) is 0 Å². The molecule has 118 valence electrons. The lowest BCUT2D eigenvalue weighted by Gasteiger charge is -2.32. The van der Waals surface area contributed by atoms with Crippen LogP contribution in [0.5, 0.6) is 0 Å². The highest BCUT2D eigenvalue weighted by Crippen LogP contribution is 2.35. The molecule has 1 heterocycles. The summed E-state index contributed by atoms with van der Waals surface area (Å²) >= 11 is 3.67. The third-order valence-corrected chi connectivity index (χ3v) is 3.93.